The van der Waals surface area contributed by atoms with Gasteiger partial charge in [-0.3, -0.25) is 0 Å². The van der Waals surface area contributed by atoms with E-state index in [1.807, 2.05) is 37.3 Å². The van der Waals surface area contributed by atoms with Crippen molar-refractivity contribution in [2.24, 2.45) is 5.73 Å². The molecule has 23 heavy (non-hydrogen) atoms. The summed E-state index contributed by atoms with van der Waals surface area (Å²) in [6, 6.07) is 9.50. The summed E-state index contributed by atoms with van der Waals surface area (Å²) in [5.74, 6) is 2.62. The normalized spacial score (nSPS) is 11.7. The molecule has 1 atom stereocenters. The second-order valence-electron chi connectivity index (χ2n) is 5.16. The van der Waals surface area contributed by atoms with Crippen molar-refractivity contribution in [1.29, 1.82) is 0 Å². The van der Waals surface area contributed by atoms with Gasteiger partial charge in [-0.1, -0.05) is 6.07 Å². The number of nitrogens with two attached hydrogens (primary N) is 1. The number of methoxy groups -OCH3 is 4. The van der Waals surface area contributed by atoms with Crippen molar-refractivity contribution in [2.45, 2.75) is 13.0 Å². The predicted octanol–water partition coefficient (Wildman–Crippen LogP) is 3.41. The van der Waals surface area contributed by atoms with Gasteiger partial charge in [0.1, 0.15) is 0 Å². The molecule has 0 radical (unpaired) electrons. The number of hydrogen-bond donors (Lipinski definition) is 1. The SMILES string of the molecule is COc1ccc(-c2cc(C(C)N)cc(OC)c2OC)cc1OC. The molecule has 5 nitrogen and oxygen atoms in total. The summed E-state index contributed by atoms with van der Waals surface area (Å²) in [6.07, 6.45) is 0. The van der Waals surface area contributed by atoms with E-state index in [1.54, 1.807) is 28.4 Å². The molecule has 0 aliphatic heterocycles. The van der Waals surface area contributed by atoms with E-state index >= 15 is 0 Å². The quantitative estimate of drug-likeness (QED) is 0.884. The molecule has 0 bridgehead atoms. The molecule has 2 N–H and O–H groups in total. The van der Waals surface area contributed by atoms with E-state index in [0.29, 0.717) is 23.0 Å². The highest BCUT2D eigenvalue weighted by Gasteiger charge is 2.17. The van der Waals surface area contributed by atoms with Crippen molar-refractivity contribution in [3.63, 3.8) is 0 Å². The Morgan fingerprint density at radius 1 is 0.783 bits per heavy atom. The Labute approximate surface area is 136 Å². The van der Waals surface area contributed by atoms with Crippen LogP contribution >= 0.6 is 0 Å². The van der Waals surface area contributed by atoms with Gasteiger partial charge in [0.25, 0.3) is 0 Å². The zero-order valence-electron chi connectivity index (χ0n) is 14.2. The van der Waals surface area contributed by atoms with Crippen LogP contribution in [0, 0.1) is 0 Å². The molecule has 1 unspecified atom stereocenters. The first kappa shape index (κ1) is 17.0. The molecule has 0 aliphatic carbocycles. The van der Waals surface area contributed by atoms with Crippen LogP contribution in [0.3, 0.4) is 0 Å². The van der Waals surface area contributed by atoms with Crippen LogP contribution in [0.1, 0.15) is 18.5 Å². The van der Waals surface area contributed by atoms with Gasteiger partial charge in [0, 0.05) is 11.6 Å². The maximum atomic E-state index is 6.04. The van der Waals surface area contributed by atoms with E-state index in [4.69, 9.17) is 24.7 Å². The van der Waals surface area contributed by atoms with Crippen LogP contribution in [0.25, 0.3) is 11.1 Å². The Kier molecular flexibility index (Phi) is 5.34. The Balaban J connectivity index is 2.68. The molecule has 0 aliphatic rings. The molecule has 2 aromatic rings. The lowest BCUT2D eigenvalue weighted by atomic mass is 9.98. The van der Waals surface area contributed by atoms with Crippen molar-refractivity contribution >= 4 is 0 Å². The minimum Gasteiger partial charge on any atom is -0.493 e. The highest BCUT2D eigenvalue weighted by atomic mass is 16.5. The van der Waals surface area contributed by atoms with Gasteiger partial charge in [-0.15, -0.1) is 0 Å². The van der Waals surface area contributed by atoms with Crippen molar-refractivity contribution in [3.8, 4) is 34.1 Å². The van der Waals surface area contributed by atoms with E-state index in [-0.39, 0.29) is 6.04 Å². The van der Waals surface area contributed by atoms with Gasteiger partial charge in [0.15, 0.2) is 23.0 Å². The fourth-order valence-corrected chi connectivity index (χ4v) is 2.47. The molecule has 0 aromatic heterocycles. The molecule has 0 saturated heterocycles. The van der Waals surface area contributed by atoms with Crippen LogP contribution < -0.4 is 24.7 Å². The second-order valence-corrected chi connectivity index (χ2v) is 5.16. The van der Waals surface area contributed by atoms with Crippen LogP contribution in [0.5, 0.6) is 23.0 Å². The van der Waals surface area contributed by atoms with Gasteiger partial charge < -0.3 is 24.7 Å². The number of rotatable bonds is 6. The summed E-state index contributed by atoms with van der Waals surface area (Å²) < 4.78 is 21.7. The van der Waals surface area contributed by atoms with Crippen molar-refractivity contribution in [1.82, 2.24) is 0 Å². The summed E-state index contributed by atoms with van der Waals surface area (Å²) in [4.78, 5) is 0. The molecule has 0 amide bonds. The topological polar surface area (TPSA) is 62.9 Å². The molecule has 0 spiro atoms. The maximum Gasteiger partial charge on any atom is 0.168 e. The first-order chi connectivity index (χ1) is 11.0. The van der Waals surface area contributed by atoms with Crippen LogP contribution in [-0.4, -0.2) is 28.4 Å². The third-order valence-corrected chi connectivity index (χ3v) is 3.72. The summed E-state index contributed by atoms with van der Waals surface area (Å²) >= 11 is 0. The van der Waals surface area contributed by atoms with Crippen molar-refractivity contribution < 1.29 is 18.9 Å². The smallest absolute Gasteiger partial charge is 0.168 e. The zero-order chi connectivity index (χ0) is 17.0. The number of hydrogen-bond acceptors (Lipinski definition) is 5. The summed E-state index contributed by atoms with van der Waals surface area (Å²) in [5.41, 5.74) is 8.82. The van der Waals surface area contributed by atoms with Crippen LogP contribution in [0.4, 0.5) is 0 Å². The van der Waals surface area contributed by atoms with E-state index in [9.17, 15) is 0 Å². The Hall–Kier alpha value is -2.40. The van der Waals surface area contributed by atoms with Gasteiger partial charge in [0.2, 0.25) is 0 Å². The monoisotopic (exact) mass is 317 g/mol. The van der Waals surface area contributed by atoms with Crippen molar-refractivity contribution in [2.75, 3.05) is 28.4 Å². The fraction of sp³-hybridized carbons (Fsp3) is 0.333. The highest BCUT2D eigenvalue weighted by molar-refractivity contribution is 5.76. The Morgan fingerprint density at radius 2 is 1.43 bits per heavy atom. The van der Waals surface area contributed by atoms with E-state index in [2.05, 4.69) is 0 Å². The molecule has 0 saturated carbocycles. The minimum atomic E-state index is -0.117. The summed E-state index contributed by atoms with van der Waals surface area (Å²) in [6.45, 7) is 1.93. The first-order valence-electron chi connectivity index (χ1n) is 7.29. The third kappa shape index (κ3) is 3.35. The van der Waals surface area contributed by atoms with Crippen LogP contribution in [0.15, 0.2) is 30.3 Å². The molecule has 2 aromatic carbocycles. The number of ether oxygens (including phenoxy) is 4. The maximum absolute atomic E-state index is 6.04. The molecule has 0 fully saturated rings. The Morgan fingerprint density at radius 3 is 1.96 bits per heavy atom. The minimum absolute atomic E-state index is 0.117. The fourth-order valence-electron chi connectivity index (χ4n) is 2.47. The standard InChI is InChI=1S/C18H23NO4/c1-11(19)13-8-14(18(23-5)17(10-13)22-4)12-6-7-15(20-2)16(9-12)21-3/h6-11H,19H2,1-5H3. The summed E-state index contributed by atoms with van der Waals surface area (Å²) in [5, 5.41) is 0. The average Bonchev–Trinajstić information content (AvgIpc) is 2.59. The molecule has 0 heterocycles. The zero-order valence-corrected chi connectivity index (χ0v) is 14.2. The lowest BCUT2D eigenvalue weighted by Gasteiger charge is -2.18. The molecular weight excluding hydrogens is 294 g/mol. The third-order valence-electron chi connectivity index (χ3n) is 3.72. The van der Waals surface area contributed by atoms with E-state index < -0.39 is 0 Å². The lowest BCUT2D eigenvalue weighted by Crippen LogP contribution is -2.06. The Bertz CT molecular complexity index is 683. The molecule has 124 valence electrons. The molecule has 2 rings (SSSR count). The average molecular weight is 317 g/mol. The highest BCUT2D eigenvalue weighted by Crippen LogP contribution is 2.42. The van der Waals surface area contributed by atoms with Crippen LogP contribution in [0.2, 0.25) is 0 Å². The second kappa shape index (κ2) is 7.24. The van der Waals surface area contributed by atoms with Gasteiger partial charge in [-0.05, 0) is 42.3 Å². The largest absolute Gasteiger partial charge is 0.493 e. The van der Waals surface area contributed by atoms with Gasteiger partial charge in [-0.25, -0.2) is 0 Å². The first-order valence-corrected chi connectivity index (χ1v) is 7.29. The van der Waals surface area contributed by atoms with Gasteiger partial charge in [-0.2, -0.15) is 0 Å². The number of benzene rings is 2. The van der Waals surface area contributed by atoms with Crippen LogP contribution in [-0.2, 0) is 0 Å². The summed E-state index contributed by atoms with van der Waals surface area (Å²) in [7, 11) is 6.45. The van der Waals surface area contributed by atoms with Crippen molar-refractivity contribution in [3.05, 3.63) is 35.9 Å². The van der Waals surface area contributed by atoms with Gasteiger partial charge in [0.05, 0.1) is 28.4 Å². The van der Waals surface area contributed by atoms with E-state index in [0.717, 1.165) is 16.7 Å². The van der Waals surface area contributed by atoms with E-state index in [1.165, 1.54) is 0 Å². The van der Waals surface area contributed by atoms with Gasteiger partial charge >= 0.3 is 0 Å². The predicted molar refractivity (Wildman–Crippen MR) is 90.7 cm³/mol. The lowest BCUT2D eigenvalue weighted by molar-refractivity contribution is 0.353. The molecular formula is C18H23NO4. The molecule has 5 heteroatoms.